The van der Waals surface area contributed by atoms with Gasteiger partial charge in [0, 0.05) is 0 Å². The summed E-state index contributed by atoms with van der Waals surface area (Å²) in [5.74, 6) is 0.624. The molecule has 0 bridgehead atoms. The molecule has 0 aromatic carbocycles. The number of rotatable bonds is 7. The van der Waals surface area contributed by atoms with Gasteiger partial charge in [0.1, 0.15) is 0 Å². The van der Waals surface area contributed by atoms with Crippen LogP contribution in [0.5, 0.6) is 0 Å². The van der Waals surface area contributed by atoms with Crippen LogP contribution in [0.2, 0.25) is 0 Å². The molecular formula is C12H30NO2P. The van der Waals surface area contributed by atoms with Crippen molar-refractivity contribution in [2.45, 2.75) is 41.5 Å². The molecule has 0 unspecified atom stereocenters. The molecule has 4 heteroatoms. The van der Waals surface area contributed by atoms with Gasteiger partial charge in [0.15, 0.2) is 0 Å². The van der Waals surface area contributed by atoms with Crippen LogP contribution in [-0.4, -0.2) is 39.9 Å². The molecule has 0 aromatic rings. The molecule has 0 heterocycles. The van der Waals surface area contributed by atoms with Crippen LogP contribution in [0.1, 0.15) is 41.5 Å². The Morgan fingerprint density at radius 1 is 0.875 bits per heavy atom. The number of nitrogens with zero attached hydrogens (tertiary/aromatic N) is 1. The maximum absolute atomic E-state index is 10.9. The fourth-order valence-corrected chi connectivity index (χ4v) is 7.59. The summed E-state index contributed by atoms with van der Waals surface area (Å²) in [6.45, 7) is 13.6. The minimum absolute atomic E-state index is 0.312. The van der Waals surface area contributed by atoms with E-state index < -0.39 is 7.21 Å². The van der Waals surface area contributed by atoms with Gasteiger partial charge in [0.05, 0.1) is 0 Å². The van der Waals surface area contributed by atoms with Gasteiger partial charge in [0.25, 0.3) is 0 Å². The zero-order chi connectivity index (χ0) is 13.0. The van der Waals surface area contributed by atoms with E-state index in [1.54, 1.807) is 0 Å². The van der Waals surface area contributed by atoms with Crippen LogP contribution in [0.25, 0.3) is 0 Å². The second-order valence-electron chi connectivity index (χ2n) is 5.63. The van der Waals surface area contributed by atoms with Crippen LogP contribution in [0.15, 0.2) is 0 Å². The van der Waals surface area contributed by atoms with Crippen molar-refractivity contribution < 1.29 is 9.79 Å². The van der Waals surface area contributed by atoms with E-state index in [2.05, 4.69) is 27.7 Å². The molecule has 100 valence electrons. The Morgan fingerprint density at radius 2 is 1.19 bits per heavy atom. The molecule has 16 heavy (non-hydrogen) atoms. The van der Waals surface area contributed by atoms with E-state index in [0.717, 1.165) is 0 Å². The molecule has 0 spiro atoms. The number of hydrogen-bond donors (Lipinski definition) is 2. The third-order valence-electron chi connectivity index (χ3n) is 2.86. The SMILES string of the molecule is CCN(CC)P(O)(O)(CC(C)C)CC(C)C. The van der Waals surface area contributed by atoms with E-state index in [1.165, 1.54) is 0 Å². The molecule has 0 fully saturated rings. The molecule has 0 radical (unpaired) electrons. The first-order valence-corrected chi connectivity index (χ1v) is 8.87. The summed E-state index contributed by atoms with van der Waals surface area (Å²) < 4.78 is 1.89. The summed E-state index contributed by atoms with van der Waals surface area (Å²) in [6.07, 6.45) is 1.04. The van der Waals surface area contributed by atoms with Gasteiger partial charge >= 0.3 is 100 Å². The van der Waals surface area contributed by atoms with Gasteiger partial charge in [-0.1, -0.05) is 0 Å². The van der Waals surface area contributed by atoms with Gasteiger partial charge in [-0.15, -0.1) is 0 Å². The van der Waals surface area contributed by atoms with Crippen LogP contribution in [-0.2, 0) is 0 Å². The zero-order valence-electron chi connectivity index (χ0n) is 11.8. The average molecular weight is 251 g/mol. The summed E-state index contributed by atoms with van der Waals surface area (Å²) in [5.41, 5.74) is 0. The molecule has 0 aliphatic heterocycles. The second-order valence-corrected chi connectivity index (χ2v) is 9.61. The summed E-state index contributed by atoms with van der Waals surface area (Å²) >= 11 is 0. The monoisotopic (exact) mass is 251 g/mol. The average Bonchev–Trinajstić information content (AvgIpc) is 1.99. The Hall–Kier alpha value is 0.310. The standard InChI is InChI=1S/C12H30NO2P/c1-7-13(8-2)16(14,15,9-11(3)4)10-12(5)6/h11-12,14-15H,7-10H2,1-6H3. The van der Waals surface area contributed by atoms with Gasteiger partial charge in [0.2, 0.25) is 0 Å². The molecule has 0 saturated heterocycles. The first-order valence-electron chi connectivity index (χ1n) is 6.41. The summed E-state index contributed by atoms with van der Waals surface area (Å²) in [5, 5.41) is 0. The molecule has 0 aromatic heterocycles. The fourth-order valence-electron chi connectivity index (χ4n) is 2.68. The predicted molar refractivity (Wildman–Crippen MR) is 73.7 cm³/mol. The van der Waals surface area contributed by atoms with E-state index in [1.807, 2.05) is 18.5 Å². The van der Waals surface area contributed by atoms with Crippen molar-refractivity contribution in [3.8, 4) is 0 Å². The van der Waals surface area contributed by atoms with E-state index in [9.17, 15) is 9.79 Å². The Bertz CT molecular complexity index is 199. The van der Waals surface area contributed by atoms with Crippen LogP contribution in [0.3, 0.4) is 0 Å². The molecule has 0 aliphatic rings. The molecular weight excluding hydrogens is 221 g/mol. The predicted octanol–water partition coefficient (Wildman–Crippen LogP) is 2.92. The summed E-state index contributed by atoms with van der Waals surface area (Å²) in [6, 6.07) is 0. The van der Waals surface area contributed by atoms with Gasteiger partial charge in [-0.2, -0.15) is 0 Å². The van der Waals surface area contributed by atoms with E-state index in [4.69, 9.17) is 0 Å². The van der Waals surface area contributed by atoms with Crippen molar-refractivity contribution >= 4 is 7.21 Å². The van der Waals surface area contributed by atoms with Crippen molar-refractivity contribution in [3.63, 3.8) is 0 Å². The molecule has 0 atom stereocenters. The summed E-state index contributed by atoms with van der Waals surface area (Å²) in [4.78, 5) is 21.8. The van der Waals surface area contributed by atoms with Crippen LogP contribution >= 0.6 is 7.21 Å². The first kappa shape index (κ1) is 16.3. The Labute approximate surface area is 101 Å². The van der Waals surface area contributed by atoms with Crippen LogP contribution < -0.4 is 0 Å². The van der Waals surface area contributed by atoms with Crippen molar-refractivity contribution in [3.05, 3.63) is 0 Å². The topological polar surface area (TPSA) is 43.7 Å². The Morgan fingerprint density at radius 3 is 1.38 bits per heavy atom. The molecule has 0 aliphatic carbocycles. The zero-order valence-corrected chi connectivity index (χ0v) is 12.7. The maximum atomic E-state index is 10.9. The summed E-state index contributed by atoms with van der Waals surface area (Å²) in [7, 11) is -3.65. The van der Waals surface area contributed by atoms with E-state index in [-0.39, 0.29) is 0 Å². The molecule has 0 saturated carbocycles. The molecule has 0 amide bonds. The normalized spacial score (nSPS) is 15.8. The van der Waals surface area contributed by atoms with Gasteiger partial charge in [-0.25, -0.2) is 0 Å². The Balaban J connectivity index is 5.12. The van der Waals surface area contributed by atoms with Gasteiger partial charge < -0.3 is 0 Å². The second kappa shape index (κ2) is 5.77. The van der Waals surface area contributed by atoms with Crippen molar-refractivity contribution in [1.82, 2.24) is 4.67 Å². The fraction of sp³-hybridized carbons (Fsp3) is 1.00. The number of hydrogen-bond acceptors (Lipinski definition) is 3. The molecule has 0 rings (SSSR count). The van der Waals surface area contributed by atoms with Gasteiger partial charge in [-0.05, 0) is 0 Å². The van der Waals surface area contributed by atoms with E-state index in [0.29, 0.717) is 37.2 Å². The van der Waals surface area contributed by atoms with E-state index >= 15 is 0 Å². The molecule has 3 nitrogen and oxygen atoms in total. The van der Waals surface area contributed by atoms with Gasteiger partial charge in [-0.3, -0.25) is 0 Å². The Kier molecular flexibility index (Phi) is 5.88. The molecule has 2 N–H and O–H groups in total. The first-order chi connectivity index (χ1) is 7.14. The van der Waals surface area contributed by atoms with Crippen molar-refractivity contribution in [2.75, 3.05) is 25.4 Å². The van der Waals surface area contributed by atoms with Crippen LogP contribution in [0, 0.1) is 11.8 Å². The minimum atomic E-state index is -3.65. The van der Waals surface area contributed by atoms with Crippen molar-refractivity contribution in [2.24, 2.45) is 11.8 Å². The van der Waals surface area contributed by atoms with Crippen LogP contribution in [0.4, 0.5) is 0 Å². The third-order valence-corrected chi connectivity index (χ3v) is 7.69. The third kappa shape index (κ3) is 4.29. The quantitative estimate of drug-likeness (QED) is 0.684. The van der Waals surface area contributed by atoms with Crippen molar-refractivity contribution in [1.29, 1.82) is 0 Å².